The van der Waals surface area contributed by atoms with Crippen molar-refractivity contribution in [1.82, 2.24) is 5.32 Å². The number of rotatable bonds is 3. The van der Waals surface area contributed by atoms with Crippen LogP contribution in [0.25, 0.3) is 0 Å². The summed E-state index contributed by atoms with van der Waals surface area (Å²) in [7, 11) is 1.60. The van der Waals surface area contributed by atoms with E-state index in [1.165, 1.54) is 11.1 Å². The summed E-state index contributed by atoms with van der Waals surface area (Å²) in [6.07, 6.45) is 0. The molecule has 2 aromatic carbocycles. The van der Waals surface area contributed by atoms with Gasteiger partial charge in [-0.2, -0.15) is 0 Å². The summed E-state index contributed by atoms with van der Waals surface area (Å²) in [5.41, 5.74) is 11.0. The lowest BCUT2D eigenvalue weighted by Crippen LogP contribution is -2.19. The average molecular weight is 269 g/mol. The third-order valence-electron chi connectivity index (χ3n) is 3.30. The maximum Gasteiger partial charge on any atom is 0.253 e. The van der Waals surface area contributed by atoms with E-state index in [2.05, 4.69) is 36.6 Å². The Bertz CT molecular complexity index is 650. The Morgan fingerprint density at radius 3 is 2.45 bits per heavy atom. The monoisotopic (exact) mass is 269 g/mol. The van der Waals surface area contributed by atoms with Crippen molar-refractivity contribution in [2.45, 2.75) is 13.8 Å². The predicted molar refractivity (Wildman–Crippen MR) is 83.4 cm³/mol. The molecule has 1 amide bonds. The van der Waals surface area contributed by atoms with Crippen LogP contribution in [0, 0.1) is 13.8 Å². The molecule has 0 atom stereocenters. The van der Waals surface area contributed by atoms with E-state index in [1.807, 2.05) is 12.1 Å². The second kappa shape index (κ2) is 5.65. The van der Waals surface area contributed by atoms with E-state index in [4.69, 9.17) is 5.73 Å². The molecule has 4 N–H and O–H groups in total. The van der Waals surface area contributed by atoms with Gasteiger partial charge in [0.05, 0.1) is 11.3 Å². The van der Waals surface area contributed by atoms with Gasteiger partial charge in [0, 0.05) is 18.4 Å². The molecule has 104 valence electrons. The summed E-state index contributed by atoms with van der Waals surface area (Å²) in [5, 5.41) is 5.89. The fraction of sp³-hybridized carbons (Fsp3) is 0.188. The van der Waals surface area contributed by atoms with Crippen LogP contribution in [0.15, 0.2) is 36.4 Å². The number of anilines is 3. The molecule has 0 saturated carbocycles. The SMILES string of the molecule is CNC(=O)c1cc(N)ccc1Nc1ccc(C)c(C)c1. The largest absolute Gasteiger partial charge is 0.399 e. The average Bonchev–Trinajstić information content (AvgIpc) is 2.44. The number of benzene rings is 2. The maximum atomic E-state index is 11.9. The lowest BCUT2D eigenvalue weighted by Gasteiger charge is -2.13. The van der Waals surface area contributed by atoms with Crippen LogP contribution in [-0.4, -0.2) is 13.0 Å². The second-order valence-electron chi connectivity index (χ2n) is 4.81. The standard InChI is InChI=1S/C16H19N3O/c1-10-4-6-13(8-11(10)2)19-15-7-5-12(17)9-14(15)16(20)18-3/h4-9,19H,17H2,1-3H3,(H,18,20). The lowest BCUT2D eigenvalue weighted by atomic mass is 10.1. The van der Waals surface area contributed by atoms with E-state index in [-0.39, 0.29) is 5.91 Å². The molecule has 0 spiro atoms. The van der Waals surface area contributed by atoms with E-state index in [0.717, 1.165) is 11.4 Å². The third kappa shape index (κ3) is 2.91. The normalized spacial score (nSPS) is 10.2. The number of nitrogens with one attached hydrogen (secondary N) is 2. The van der Waals surface area contributed by atoms with Crippen LogP contribution in [0.1, 0.15) is 21.5 Å². The molecular weight excluding hydrogens is 250 g/mol. The molecule has 0 saturated heterocycles. The van der Waals surface area contributed by atoms with Gasteiger partial charge in [-0.05, 0) is 55.3 Å². The maximum absolute atomic E-state index is 11.9. The zero-order valence-electron chi connectivity index (χ0n) is 11.9. The third-order valence-corrected chi connectivity index (χ3v) is 3.30. The fourth-order valence-corrected chi connectivity index (χ4v) is 1.97. The molecule has 2 aromatic rings. The Labute approximate surface area is 119 Å². The molecule has 0 unspecified atom stereocenters. The first-order chi connectivity index (χ1) is 9.51. The highest BCUT2D eigenvalue weighted by Crippen LogP contribution is 2.24. The number of nitrogens with two attached hydrogens (primary N) is 1. The van der Waals surface area contributed by atoms with Gasteiger partial charge in [0.25, 0.3) is 5.91 Å². The van der Waals surface area contributed by atoms with Crippen molar-refractivity contribution in [2.75, 3.05) is 18.1 Å². The molecule has 4 nitrogen and oxygen atoms in total. The Hall–Kier alpha value is -2.49. The minimum absolute atomic E-state index is 0.163. The van der Waals surface area contributed by atoms with Crippen molar-refractivity contribution in [3.05, 3.63) is 53.1 Å². The van der Waals surface area contributed by atoms with Gasteiger partial charge in [0.2, 0.25) is 0 Å². The minimum atomic E-state index is -0.163. The highest BCUT2D eigenvalue weighted by Gasteiger charge is 2.10. The molecule has 4 heteroatoms. The Balaban J connectivity index is 2.37. The van der Waals surface area contributed by atoms with Crippen LogP contribution in [0.3, 0.4) is 0 Å². The van der Waals surface area contributed by atoms with Crippen molar-refractivity contribution >= 4 is 23.0 Å². The van der Waals surface area contributed by atoms with Gasteiger partial charge in [-0.3, -0.25) is 4.79 Å². The van der Waals surface area contributed by atoms with Gasteiger partial charge in [-0.1, -0.05) is 6.07 Å². The van der Waals surface area contributed by atoms with Crippen LogP contribution in [-0.2, 0) is 0 Å². The first-order valence-corrected chi connectivity index (χ1v) is 6.47. The first kappa shape index (κ1) is 13.9. The number of hydrogen-bond acceptors (Lipinski definition) is 3. The first-order valence-electron chi connectivity index (χ1n) is 6.47. The number of nitrogen functional groups attached to an aromatic ring is 1. The number of carbonyl (C=O) groups excluding carboxylic acids is 1. The number of aryl methyl sites for hydroxylation is 2. The van der Waals surface area contributed by atoms with Crippen molar-refractivity contribution in [2.24, 2.45) is 0 Å². The zero-order valence-corrected chi connectivity index (χ0v) is 11.9. The minimum Gasteiger partial charge on any atom is -0.399 e. The predicted octanol–water partition coefficient (Wildman–Crippen LogP) is 2.99. The molecule has 20 heavy (non-hydrogen) atoms. The van der Waals surface area contributed by atoms with Gasteiger partial charge in [-0.15, -0.1) is 0 Å². The summed E-state index contributed by atoms with van der Waals surface area (Å²) < 4.78 is 0. The van der Waals surface area contributed by atoms with Gasteiger partial charge < -0.3 is 16.4 Å². The number of carbonyl (C=O) groups is 1. The van der Waals surface area contributed by atoms with Crippen molar-refractivity contribution in [1.29, 1.82) is 0 Å². The highest BCUT2D eigenvalue weighted by atomic mass is 16.1. The Morgan fingerprint density at radius 2 is 1.80 bits per heavy atom. The summed E-state index contributed by atoms with van der Waals surface area (Å²) >= 11 is 0. The fourth-order valence-electron chi connectivity index (χ4n) is 1.97. The molecule has 0 heterocycles. The molecule has 0 aromatic heterocycles. The van der Waals surface area contributed by atoms with Gasteiger partial charge in [0.15, 0.2) is 0 Å². The van der Waals surface area contributed by atoms with Gasteiger partial charge in [0.1, 0.15) is 0 Å². The van der Waals surface area contributed by atoms with Crippen LogP contribution in [0.2, 0.25) is 0 Å². The Morgan fingerprint density at radius 1 is 1.05 bits per heavy atom. The Kier molecular flexibility index (Phi) is 3.94. The van der Waals surface area contributed by atoms with E-state index in [9.17, 15) is 4.79 Å². The summed E-state index contributed by atoms with van der Waals surface area (Å²) in [6, 6.07) is 11.4. The van der Waals surface area contributed by atoms with Crippen molar-refractivity contribution in [3.8, 4) is 0 Å². The van der Waals surface area contributed by atoms with Crippen molar-refractivity contribution in [3.63, 3.8) is 0 Å². The highest BCUT2D eigenvalue weighted by molar-refractivity contribution is 6.01. The molecule has 0 aliphatic rings. The molecule has 0 fully saturated rings. The molecule has 2 rings (SSSR count). The van der Waals surface area contributed by atoms with Crippen LogP contribution in [0.5, 0.6) is 0 Å². The molecule has 0 radical (unpaired) electrons. The zero-order chi connectivity index (χ0) is 14.7. The second-order valence-corrected chi connectivity index (χ2v) is 4.81. The summed E-state index contributed by atoms with van der Waals surface area (Å²) in [5.74, 6) is -0.163. The van der Waals surface area contributed by atoms with Crippen molar-refractivity contribution < 1.29 is 4.79 Å². The molecule has 0 aliphatic heterocycles. The molecule has 0 bridgehead atoms. The summed E-state index contributed by atoms with van der Waals surface area (Å²) in [6.45, 7) is 4.13. The van der Waals surface area contributed by atoms with E-state index in [1.54, 1.807) is 19.2 Å². The summed E-state index contributed by atoms with van der Waals surface area (Å²) in [4.78, 5) is 11.9. The molecular formula is C16H19N3O. The van der Waals surface area contributed by atoms with E-state index in [0.29, 0.717) is 11.3 Å². The van der Waals surface area contributed by atoms with Crippen LogP contribution < -0.4 is 16.4 Å². The number of amides is 1. The quantitative estimate of drug-likeness (QED) is 0.750. The lowest BCUT2D eigenvalue weighted by molar-refractivity contribution is 0.0964. The van der Waals surface area contributed by atoms with Crippen LogP contribution >= 0.6 is 0 Å². The topological polar surface area (TPSA) is 67.2 Å². The van der Waals surface area contributed by atoms with E-state index >= 15 is 0 Å². The van der Waals surface area contributed by atoms with Gasteiger partial charge >= 0.3 is 0 Å². The smallest absolute Gasteiger partial charge is 0.253 e. The van der Waals surface area contributed by atoms with E-state index < -0.39 is 0 Å². The van der Waals surface area contributed by atoms with Gasteiger partial charge in [-0.25, -0.2) is 0 Å². The van der Waals surface area contributed by atoms with Crippen LogP contribution in [0.4, 0.5) is 17.1 Å². The molecule has 0 aliphatic carbocycles. The number of hydrogen-bond donors (Lipinski definition) is 3.